The van der Waals surface area contributed by atoms with Crippen LogP contribution in [-0.4, -0.2) is 41.1 Å². The molecule has 2 heterocycles. The maximum absolute atomic E-state index is 11.8. The van der Waals surface area contributed by atoms with Gasteiger partial charge in [-0.2, -0.15) is 0 Å². The molecule has 1 saturated heterocycles. The first kappa shape index (κ1) is 14.0. The number of rotatable bonds is 4. The van der Waals surface area contributed by atoms with Crippen molar-refractivity contribution in [3.05, 3.63) is 30.0 Å². The fourth-order valence-electron chi connectivity index (χ4n) is 2.23. The molecular formula is C14H17N3O3. The molecule has 1 aliphatic rings. The molecule has 106 valence electrons. The predicted molar refractivity (Wildman–Crippen MR) is 75.3 cm³/mol. The third kappa shape index (κ3) is 3.14. The number of nitrogens with one attached hydrogen (secondary N) is 1. The van der Waals surface area contributed by atoms with Gasteiger partial charge in [0.1, 0.15) is 11.9 Å². The number of carboxylic acids is 1. The quantitative estimate of drug-likeness (QED) is 0.798. The Kier molecular flexibility index (Phi) is 4.34. The van der Waals surface area contributed by atoms with Gasteiger partial charge in [0.05, 0.1) is 0 Å². The number of aliphatic carboxylic acids is 1. The average Bonchev–Trinajstić information content (AvgIpc) is 2.45. The van der Waals surface area contributed by atoms with Gasteiger partial charge in [-0.3, -0.25) is 4.79 Å². The lowest BCUT2D eigenvalue weighted by molar-refractivity contribution is -0.131. The van der Waals surface area contributed by atoms with E-state index in [4.69, 9.17) is 5.11 Å². The van der Waals surface area contributed by atoms with Gasteiger partial charge in [-0.1, -0.05) is 6.92 Å². The van der Waals surface area contributed by atoms with Gasteiger partial charge in [0.2, 0.25) is 5.91 Å². The SMILES string of the molecule is CCC1C(=O)NCCN1c1ccc(/C=C/C(=O)O)cn1. The van der Waals surface area contributed by atoms with Gasteiger partial charge < -0.3 is 15.3 Å². The Morgan fingerprint density at radius 3 is 3.00 bits per heavy atom. The highest BCUT2D eigenvalue weighted by Crippen LogP contribution is 2.18. The summed E-state index contributed by atoms with van der Waals surface area (Å²) in [5.41, 5.74) is 0.714. The number of anilines is 1. The summed E-state index contributed by atoms with van der Waals surface area (Å²) in [5.74, 6) is -0.234. The van der Waals surface area contributed by atoms with Gasteiger partial charge in [0, 0.05) is 25.4 Å². The fraction of sp³-hybridized carbons (Fsp3) is 0.357. The summed E-state index contributed by atoms with van der Waals surface area (Å²) in [6, 6.07) is 3.40. The Balaban J connectivity index is 2.16. The van der Waals surface area contributed by atoms with Crippen molar-refractivity contribution in [3.8, 4) is 0 Å². The van der Waals surface area contributed by atoms with Gasteiger partial charge in [-0.25, -0.2) is 9.78 Å². The van der Waals surface area contributed by atoms with Crippen LogP contribution in [0.5, 0.6) is 0 Å². The number of hydrogen-bond acceptors (Lipinski definition) is 4. The predicted octanol–water partition coefficient (Wildman–Crippen LogP) is 0.894. The Bertz CT molecular complexity index is 525. The lowest BCUT2D eigenvalue weighted by Gasteiger charge is -2.35. The minimum atomic E-state index is -0.993. The molecule has 20 heavy (non-hydrogen) atoms. The Morgan fingerprint density at radius 2 is 2.40 bits per heavy atom. The molecule has 0 saturated carbocycles. The van der Waals surface area contributed by atoms with Crippen LogP contribution in [0, 0.1) is 0 Å². The second-order valence-corrected chi connectivity index (χ2v) is 4.53. The average molecular weight is 275 g/mol. The minimum absolute atomic E-state index is 0.0235. The third-order valence-electron chi connectivity index (χ3n) is 3.20. The molecule has 6 heteroatoms. The van der Waals surface area contributed by atoms with Crippen LogP contribution in [0.1, 0.15) is 18.9 Å². The van der Waals surface area contributed by atoms with Crippen LogP contribution in [0.2, 0.25) is 0 Å². The van der Waals surface area contributed by atoms with E-state index in [9.17, 15) is 9.59 Å². The first-order chi connectivity index (χ1) is 9.61. The third-order valence-corrected chi connectivity index (χ3v) is 3.20. The van der Waals surface area contributed by atoms with E-state index in [1.54, 1.807) is 12.3 Å². The number of carbonyl (C=O) groups excluding carboxylic acids is 1. The second-order valence-electron chi connectivity index (χ2n) is 4.53. The molecule has 1 fully saturated rings. The van der Waals surface area contributed by atoms with Gasteiger partial charge in [-0.15, -0.1) is 0 Å². The van der Waals surface area contributed by atoms with Crippen LogP contribution in [0.4, 0.5) is 5.82 Å². The largest absolute Gasteiger partial charge is 0.478 e. The summed E-state index contributed by atoms with van der Waals surface area (Å²) in [6.07, 6.45) is 4.88. The minimum Gasteiger partial charge on any atom is -0.478 e. The van der Waals surface area contributed by atoms with Crippen LogP contribution in [0.15, 0.2) is 24.4 Å². The number of aromatic nitrogens is 1. The number of nitrogens with zero attached hydrogens (tertiary/aromatic N) is 2. The van der Waals surface area contributed by atoms with Crippen LogP contribution >= 0.6 is 0 Å². The van der Waals surface area contributed by atoms with E-state index in [-0.39, 0.29) is 11.9 Å². The van der Waals surface area contributed by atoms with Gasteiger partial charge in [-0.05, 0) is 30.2 Å². The summed E-state index contributed by atoms with van der Waals surface area (Å²) in [6.45, 7) is 3.30. The Hall–Kier alpha value is -2.37. The van der Waals surface area contributed by atoms with E-state index in [2.05, 4.69) is 10.3 Å². The molecule has 1 aromatic heterocycles. The molecular weight excluding hydrogens is 258 g/mol. The normalized spacial score (nSPS) is 19.1. The maximum atomic E-state index is 11.8. The highest BCUT2D eigenvalue weighted by molar-refractivity contribution is 5.86. The summed E-state index contributed by atoms with van der Waals surface area (Å²) in [4.78, 5) is 28.5. The summed E-state index contributed by atoms with van der Waals surface area (Å²) >= 11 is 0. The van der Waals surface area contributed by atoms with Crippen molar-refractivity contribution in [1.29, 1.82) is 0 Å². The molecule has 0 radical (unpaired) electrons. The van der Waals surface area contributed by atoms with Crippen LogP contribution < -0.4 is 10.2 Å². The van der Waals surface area contributed by atoms with Crippen LogP contribution in [0.25, 0.3) is 6.08 Å². The molecule has 0 aromatic carbocycles. The van der Waals surface area contributed by atoms with Gasteiger partial charge in [0.15, 0.2) is 0 Å². The van der Waals surface area contributed by atoms with Crippen molar-refractivity contribution < 1.29 is 14.7 Å². The van der Waals surface area contributed by atoms with Crippen LogP contribution in [0.3, 0.4) is 0 Å². The van der Waals surface area contributed by atoms with Crippen LogP contribution in [-0.2, 0) is 9.59 Å². The van der Waals surface area contributed by atoms with E-state index in [0.29, 0.717) is 18.5 Å². The molecule has 0 aliphatic carbocycles. The molecule has 1 amide bonds. The first-order valence-corrected chi connectivity index (χ1v) is 6.53. The smallest absolute Gasteiger partial charge is 0.328 e. The van der Waals surface area contributed by atoms with E-state index in [1.807, 2.05) is 17.9 Å². The standard InChI is InChI=1S/C14H17N3O3/c1-2-11-14(20)15-7-8-17(11)12-5-3-10(9-16-12)4-6-13(18)19/h3-6,9,11H,2,7-8H2,1H3,(H,15,20)(H,18,19)/b6-4+. The van der Waals surface area contributed by atoms with E-state index >= 15 is 0 Å². The molecule has 1 aliphatic heterocycles. The number of piperazine rings is 1. The lowest BCUT2D eigenvalue weighted by Crippen LogP contribution is -2.55. The lowest BCUT2D eigenvalue weighted by atomic mass is 10.1. The number of pyridine rings is 1. The number of carbonyl (C=O) groups is 2. The Labute approximate surface area is 117 Å². The number of carboxylic acid groups (broad SMARTS) is 1. The van der Waals surface area contributed by atoms with Crippen molar-refractivity contribution in [2.24, 2.45) is 0 Å². The molecule has 1 aromatic rings. The van der Waals surface area contributed by atoms with E-state index in [1.165, 1.54) is 6.08 Å². The molecule has 2 rings (SSSR count). The second kappa shape index (κ2) is 6.18. The molecule has 1 unspecified atom stereocenters. The number of amides is 1. The number of hydrogen-bond donors (Lipinski definition) is 2. The fourth-order valence-corrected chi connectivity index (χ4v) is 2.23. The molecule has 0 bridgehead atoms. The first-order valence-electron chi connectivity index (χ1n) is 6.53. The van der Waals surface area contributed by atoms with Gasteiger partial charge in [0.25, 0.3) is 0 Å². The molecule has 0 spiro atoms. The highest BCUT2D eigenvalue weighted by atomic mass is 16.4. The zero-order chi connectivity index (χ0) is 14.5. The highest BCUT2D eigenvalue weighted by Gasteiger charge is 2.28. The van der Waals surface area contributed by atoms with Crippen molar-refractivity contribution in [2.75, 3.05) is 18.0 Å². The van der Waals surface area contributed by atoms with Gasteiger partial charge >= 0.3 is 5.97 Å². The summed E-state index contributed by atoms with van der Waals surface area (Å²) in [5, 5.41) is 11.4. The molecule has 1 atom stereocenters. The Morgan fingerprint density at radius 1 is 1.60 bits per heavy atom. The maximum Gasteiger partial charge on any atom is 0.328 e. The molecule has 2 N–H and O–H groups in total. The summed E-state index contributed by atoms with van der Waals surface area (Å²) < 4.78 is 0. The molecule has 6 nitrogen and oxygen atoms in total. The topological polar surface area (TPSA) is 82.5 Å². The zero-order valence-corrected chi connectivity index (χ0v) is 11.2. The van der Waals surface area contributed by atoms with Crippen molar-refractivity contribution >= 4 is 23.8 Å². The van der Waals surface area contributed by atoms with E-state index in [0.717, 1.165) is 18.4 Å². The van der Waals surface area contributed by atoms with Crippen molar-refractivity contribution in [3.63, 3.8) is 0 Å². The monoisotopic (exact) mass is 275 g/mol. The zero-order valence-electron chi connectivity index (χ0n) is 11.2. The van der Waals surface area contributed by atoms with Crippen molar-refractivity contribution in [2.45, 2.75) is 19.4 Å². The van der Waals surface area contributed by atoms with E-state index < -0.39 is 5.97 Å². The summed E-state index contributed by atoms with van der Waals surface area (Å²) in [7, 11) is 0. The van der Waals surface area contributed by atoms with Crippen molar-refractivity contribution in [1.82, 2.24) is 10.3 Å².